The molecule has 4 heterocycles. The third-order valence-corrected chi connectivity index (χ3v) is 7.20. The van der Waals surface area contributed by atoms with E-state index < -0.39 is 11.7 Å². The quantitative estimate of drug-likeness (QED) is 0.540. The summed E-state index contributed by atoms with van der Waals surface area (Å²) >= 11 is 7.06. The van der Waals surface area contributed by atoms with Gasteiger partial charge in [-0.05, 0) is 42.3 Å². The zero-order chi connectivity index (χ0) is 22.2. The van der Waals surface area contributed by atoms with E-state index in [0.717, 1.165) is 24.8 Å². The van der Waals surface area contributed by atoms with Crippen molar-refractivity contribution in [3.8, 4) is 0 Å². The van der Waals surface area contributed by atoms with Crippen molar-refractivity contribution in [3.05, 3.63) is 61.7 Å². The van der Waals surface area contributed by atoms with Gasteiger partial charge in [-0.25, -0.2) is 9.37 Å². The highest BCUT2D eigenvalue weighted by molar-refractivity contribution is 7.16. The molecule has 5 rings (SSSR count). The molecule has 7 nitrogen and oxygen atoms in total. The van der Waals surface area contributed by atoms with Crippen LogP contribution in [-0.4, -0.2) is 34.7 Å². The number of nitrogens with zero attached hydrogens (tertiary/aromatic N) is 1. The Balaban J connectivity index is 1.23. The van der Waals surface area contributed by atoms with Crippen LogP contribution in [0.3, 0.4) is 0 Å². The van der Waals surface area contributed by atoms with Gasteiger partial charge in [-0.1, -0.05) is 17.7 Å². The zero-order valence-electron chi connectivity index (χ0n) is 17.0. The van der Waals surface area contributed by atoms with Gasteiger partial charge in [-0.15, -0.1) is 11.3 Å². The highest BCUT2D eigenvalue weighted by Crippen LogP contribution is 2.39. The first-order valence-electron chi connectivity index (χ1n) is 10.4. The number of rotatable bonds is 7. The Hall–Kier alpha value is -2.33. The lowest BCUT2D eigenvalue weighted by Gasteiger charge is -2.18. The number of ether oxygens (including phenoxy) is 2. The lowest BCUT2D eigenvalue weighted by molar-refractivity contribution is 0.0454. The van der Waals surface area contributed by atoms with Crippen LogP contribution in [0.4, 0.5) is 4.39 Å². The summed E-state index contributed by atoms with van der Waals surface area (Å²) in [4.78, 5) is 32.5. The number of benzene rings is 1. The van der Waals surface area contributed by atoms with Crippen LogP contribution in [-0.2, 0) is 22.6 Å². The molecule has 2 fully saturated rings. The molecule has 10 heteroatoms. The van der Waals surface area contributed by atoms with Gasteiger partial charge >= 0.3 is 0 Å². The minimum atomic E-state index is -0.535. The maximum Gasteiger partial charge on any atom is 0.287 e. The van der Waals surface area contributed by atoms with Crippen LogP contribution in [0.5, 0.6) is 0 Å². The van der Waals surface area contributed by atoms with Crippen molar-refractivity contribution in [2.24, 2.45) is 5.92 Å². The average Bonchev–Trinajstić information content (AvgIpc) is 3.50. The van der Waals surface area contributed by atoms with Crippen LogP contribution in [0.1, 0.15) is 41.0 Å². The minimum Gasteiger partial charge on any atom is -0.376 e. The Kier molecular flexibility index (Phi) is 5.98. The smallest absolute Gasteiger partial charge is 0.287 e. The topological polar surface area (TPSA) is 93.3 Å². The SMILES string of the molecule is O=C(NCc1ccc(F)c(Cl)c1)c1nc2scc(COCC3CC4CCC3O4)c2c(=O)[nH]1. The van der Waals surface area contributed by atoms with Crippen molar-refractivity contribution in [1.82, 2.24) is 15.3 Å². The molecule has 2 aliphatic rings. The first-order chi connectivity index (χ1) is 15.5. The summed E-state index contributed by atoms with van der Waals surface area (Å²) in [6.45, 7) is 1.05. The van der Waals surface area contributed by atoms with Gasteiger partial charge in [-0.2, -0.15) is 0 Å². The van der Waals surface area contributed by atoms with Gasteiger partial charge in [-0.3, -0.25) is 9.59 Å². The van der Waals surface area contributed by atoms with Gasteiger partial charge in [0.2, 0.25) is 5.82 Å². The predicted molar refractivity (Wildman–Crippen MR) is 118 cm³/mol. The number of carbonyl (C=O) groups excluding carboxylic acids is 1. The lowest BCUT2D eigenvalue weighted by atomic mass is 9.90. The average molecular weight is 478 g/mol. The molecule has 2 aromatic heterocycles. The number of thiophene rings is 1. The highest BCUT2D eigenvalue weighted by Gasteiger charge is 2.40. The number of aromatic amines is 1. The summed E-state index contributed by atoms with van der Waals surface area (Å²) in [5.41, 5.74) is 1.01. The monoisotopic (exact) mass is 477 g/mol. The van der Waals surface area contributed by atoms with Crippen molar-refractivity contribution < 1.29 is 18.7 Å². The molecular weight excluding hydrogens is 457 g/mol. The van der Waals surface area contributed by atoms with Crippen LogP contribution >= 0.6 is 22.9 Å². The van der Waals surface area contributed by atoms with Gasteiger partial charge in [0.1, 0.15) is 10.6 Å². The summed E-state index contributed by atoms with van der Waals surface area (Å²) in [6.07, 6.45) is 3.97. The second-order valence-corrected chi connectivity index (χ2v) is 9.44. The summed E-state index contributed by atoms with van der Waals surface area (Å²) in [6, 6.07) is 4.19. The third-order valence-electron chi connectivity index (χ3n) is 5.99. The molecule has 2 aliphatic heterocycles. The molecule has 168 valence electrons. The van der Waals surface area contributed by atoms with E-state index >= 15 is 0 Å². The van der Waals surface area contributed by atoms with E-state index in [2.05, 4.69) is 15.3 Å². The van der Waals surface area contributed by atoms with E-state index in [0.29, 0.717) is 47.1 Å². The Morgan fingerprint density at radius 3 is 3.03 bits per heavy atom. The predicted octanol–water partition coefficient (Wildman–Crippen LogP) is 3.79. The first-order valence-corrected chi connectivity index (χ1v) is 11.7. The fourth-order valence-electron chi connectivity index (χ4n) is 4.38. The second-order valence-electron chi connectivity index (χ2n) is 8.17. The first kappa shape index (κ1) is 21.5. The molecule has 0 spiro atoms. The van der Waals surface area contributed by atoms with E-state index in [1.54, 1.807) is 0 Å². The number of nitrogens with one attached hydrogen (secondary N) is 2. The number of aromatic nitrogens is 2. The molecule has 1 aromatic carbocycles. The number of carbonyl (C=O) groups is 1. The number of amides is 1. The summed E-state index contributed by atoms with van der Waals surface area (Å²) in [5, 5.41) is 4.92. The summed E-state index contributed by atoms with van der Waals surface area (Å²) < 4.78 is 25.0. The summed E-state index contributed by atoms with van der Waals surface area (Å²) in [5.74, 6) is -0.725. The van der Waals surface area contributed by atoms with E-state index in [4.69, 9.17) is 21.1 Å². The third kappa shape index (κ3) is 4.30. The Labute approximate surface area is 191 Å². The van der Waals surface area contributed by atoms with Crippen molar-refractivity contribution >= 4 is 39.1 Å². The van der Waals surface area contributed by atoms with Crippen LogP contribution < -0.4 is 10.9 Å². The lowest BCUT2D eigenvalue weighted by Crippen LogP contribution is -2.27. The maximum atomic E-state index is 13.3. The highest BCUT2D eigenvalue weighted by atomic mass is 35.5. The Morgan fingerprint density at radius 2 is 2.28 bits per heavy atom. The van der Waals surface area contributed by atoms with Gasteiger partial charge in [0.25, 0.3) is 11.5 Å². The zero-order valence-corrected chi connectivity index (χ0v) is 18.6. The number of hydrogen-bond donors (Lipinski definition) is 2. The molecule has 0 aliphatic carbocycles. The number of fused-ring (bicyclic) bond motifs is 3. The van der Waals surface area contributed by atoms with Crippen molar-refractivity contribution in [1.29, 1.82) is 0 Å². The molecule has 3 aromatic rings. The fourth-order valence-corrected chi connectivity index (χ4v) is 5.50. The number of H-pyrrole nitrogens is 1. The van der Waals surface area contributed by atoms with Crippen molar-refractivity contribution in [2.45, 2.75) is 44.6 Å². The van der Waals surface area contributed by atoms with Gasteiger partial charge in [0, 0.05) is 18.0 Å². The molecule has 0 saturated carbocycles. The van der Waals surface area contributed by atoms with E-state index in [-0.39, 0.29) is 23.0 Å². The molecule has 2 N–H and O–H groups in total. The van der Waals surface area contributed by atoms with Gasteiger partial charge in [0.15, 0.2) is 0 Å². The maximum absolute atomic E-state index is 13.3. The molecule has 1 amide bonds. The minimum absolute atomic E-state index is 0.0222. The molecule has 2 bridgehead atoms. The largest absolute Gasteiger partial charge is 0.376 e. The molecule has 32 heavy (non-hydrogen) atoms. The van der Waals surface area contributed by atoms with E-state index in [9.17, 15) is 14.0 Å². The Bertz CT molecular complexity index is 1230. The summed E-state index contributed by atoms with van der Waals surface area (Å²) in [7, 11) is 0. The van der Waals surface area contributed by atoms with Crippen molar-refractivity contribution in [2.75, 3.05) is 6.61 Å². The van der Waals surface area contributed by atoms with Gasteiger partial charge < -0.3 is 19.8 Å². The van der Waals surface area contributed by atoms with Crippen LogP contribution in [0, 0.1) is 11.7 Å². The van der Waals surface area contributed by atoms with Crippen LogP contribution in [0.2, 0.25) is 5.02 Å². The normalized spacial score (nSPS) is 22.0. The van der Waals surface area contributed by atoms with Crippen LogP contribution in [0.15, 0.2) is 28.4 Å². The molecule has 2 saturated heterocycles. The molecule has 0 radical (unpaired) electrons. The molecule has 3 atom stereocenters. The van der Waals surface area contributed by atoms with Gasteiger partial charge in [0.05, 0.1) is 35.8 Å². The second kappa shape index (κ2) is 8.90. The van der Waals surface area contributed by atoms with E-state index in [1.807, 2.05) is 5.38 Å². The van der Waals surface area contributed by atoms with Crippen LogP contribution in [0.25, 0.3) is 10.2 Å². The fraction of sp³-hybridized carbons (Fsp3) is 0.409. The number of hydrogen-bond acceptors (Lipinski definition) is 6. The molecular formula is C22H21ClFN3O4S. The standard InChI is InChI=1S/C22H21ClFN3O4S/c23-15-5-11(1-3-16(15)24)7-25-21(29)19-26-20(28)18-13(10-32-22(18)27-19)9-30-8-12-6-14-2-4-17(12)31-14/h1,3,5,10,12,14,17H,2,4,6-9H2,(H,25,29)(H,26,27,28). The Morgan fingerprint density at radius 1 is 1.41 bits per heavy atom. The van der Waals surface area contributed by atoms with E-state index in [1.165, 1.54) is 29.5 Å². The molecule has 3 unspecified atom stereocenters. The van der Waals surface area contributed by atoms with Crippen molar-refractivity contribution in [3.63, 3.8) is 0 Å². The number of halogens is 2.